The summed E-state index contributed by atoms with van der Waals surface area (Å²) in [4.78, 5) is 35.6. The minimum Gasteiger partial charge on any atom is -0.305 e. The van der Waals surface area contributed by atoms with E-state index in [9.17, 15) is 9.59 Å². The number of hydrogen-bond donors (Lipinski definition) is 1. The Labute approximate surface area is 147 Å². The second-order valence-corrected chi connectivity index (χ2v) is 8.13. The minimum absolute atomic E-state index is 0.0141. The third-order valence-electron chi connectivity index (χ3n) is 4.35. The molecule has 1 aliphatic carbocycles. The van der Waals surface area contributed by atoms with E-state index in [0.717, 1.165) is 41.8 Å². The number of amides is 1. The topological polar surface area (TPSA) is 76.3 Å². The average Bonchev–Trinajstić information content (AvgIpc) is 3.21. The van der Waals surface area contributed by atoms with Crippen molar-refractivity contribution in [3.05, 3.63) is 27.1 Å². The Kier molecular flexibility index (Phi) is 4.41. The van der Waals surface area contributed by atoms with Gasteiger partial charge < -0.3 is 5.32 Å². The first-order valence-electron chi connectivity index (χ1n) is 8.19. The summed E-state index contributed by atoms with van der Waals surface area (Å²) in [6.45, 7) is 1.10. The van der Waals surface area contributed by atoms with Crippen molar-refractivity contribution in [1.82, 2.24) is 14.9 Å². The van der Waals surface area contributed by atoms with Crippen molar-refractivity contribution in [3.8, 4) is 0 Å². The molecule has 0 atom stereocenters. The van der Waals surface area contributed by atoms with Crippen LogP contribution in [0.4, 0.5) is 0 Å². The van der Waals surface area contributed by atoms with E-state index in [4.69, 9.17) is 0 Å². The number of nitrogens with zero attached hydrogens (tertiary/aromatic N) is 3. The average molecular weight is 362 g/mol. The van der Waals surface area contributed by atoms with Crippen LogP contribution in [-0.2, 0) is 24.2 Å². The number of hydrogen-bond acceptors (Lipinski definition) is 6. The van der Waals surface area contributed by atoms with Crippen LogP contribution in [0, 0.1) is 0 Å². The molecule has 0 saturated heterocycles. The number of rotatable bonds is 3. The molecule has 126 valence electrons. The zero-order valence-corrected chi connectivity index (χ0v) is 14.8. The quantitative estimate of drug-likeness (QED) is 0.905. The molecular weight excluding hydrogens is 344 g/mol. The van der Waals surface area contributed by atoms with E-state index in [1.165, 1.54) is 16.9 Å². The maximum absolute atomic E-state index is 12.8. The molecule has 6 nitrogen and oxygen atoms in total. The first kappa shape index (κ1) is 15.8. The molecule has 0 saturated carbocycles. The van der Waals surface area contributed by atoms with Gasteiger partial charge in [-0.1, -0.05) is 11.8 Å². The Bertz CT molecular complexity index is 884. The highest BCUT2D eigenvalue weighted by Crippen LogP contribution is 2.33. The van der Waals surface area contributed by atoms with Crippen molar-refractivity contribution in [2.24, 2.45) is 4.99 Å². The molecule has 3 heterocycles. The van der Waals surface area contributed by atoms with Crippen molar-refractivity contribution in [2.45, 2.75) is 38.6 Å². The maximum Gasteiger partial charge on any atom is 0.262 e. The van der Waals surface area contributed by atoms with Gasteiger partial charge in [-0.05, 0) is 31.2 Å². The number of aromatic nitrogens is 2. The van der Waals surface area contributed by atoms with Crippen LogP contribution in [0.5, 0.6) is 0 Å². The van der Waals surface area contributed by atoms with Gasteiger partial charge in [-0.2, -0.15) is 0 Å². The minimum atomic E-state index is -0.109. The van der Waals surface area contributed by atoms with Crippen LogP contribution in [0.2, 0.25) is 0 Å². The van der Waals surface area contributed by atoms with Gasteiger partial charge >= 0.3 is 0 Å². The van der Waals surface area contributed by atoms with Crippen molar-refractivity contribution in [2.75, 3.05) is 12.3 Å². The van der Waals surface area contributed by atoms with Crippen molar-refractivity contribution < 1.29 is 4.79 Å². The fourth-order valence-electron chi connectivity index (χ4n) is 3.15. The van der Waals surface area contributed by atoms with E-state index in [2.05, 4.69) is 15.3 Å². The Balaban J connectivity index is 1.53. The maximum atomic E-state index is 12.8. The monoisotopic (exact) mass is 362 g/mol. The lowest BCUT2D eigenvalue weighted by Crippen LogP contribution is -2.30. The van der Waals surface area contributed by atoms with Crippen LogP contribution in [-0.4, -0.2) is 32.9 Å². The summed E-state index contributed by atoms with van der Waals surface area (Å²) in [7, 11) is 0. The highest BCUT2D eigenvalue weighted by molar-refractivity contribution is 8.14. The second-order valence-electron chi connectivity index (χ2n) is 5.97. The summed E-state index contributed by atoms with van der Waals surface area (Å²) in [5.41, 5.74) is 1.18. The van der Waals surface area contributed by atoms with Gasteiger partial charge in [-0.3, -0.25) is 19.1 Å². The van der Waals surface area contributed by atoms with Gasteiger partial charge in [-0.25, -0.2) is 4.98 Å². The third-order valence-corrected chi connectivity index (χ3v) is 6.44. The number of carbonyl (C=O) groups excluding carboxylic acids is 1. The van der Waals surface area contributed by atoms with Crippen LogP contribution in [0.3, 0.4) is 0 Å². The zero-order valence-electron chi connectivity index (χ0n) is 13.2. The largest absolute Gasteiger partial charge is 0.305 e. The molecule has 1 N–H and O–H groups in total. The summed E-state index contributed by atoms with van der Waals surface area (Å²) < 4.78 is 1.56. The number of aliphatic imine (C=N–C) groups is 1. The molecule has 0 bridgehead atoms. The highest BCUT2D eigenvalue weighted by atomic mass is 32.2. The van der Waals surface area contributed by atoms with Crippen LogP contribution in [0.25, 0.3) is 10.2 Å². The number of aryl methyl sites for hydroxylation is 3. The van der Waals surface area contributed by atoms with Gasteiger partial charge in [0.1, 0.15) is 4.83 Å². The number of amidine groups is 1. The normalized spacial score (nSPS) is 16.9. The van der Waals surface area contributed by atoms with E-state index < -0.39 is 0 Å². The smallest absolute Gasteiger partial charge is 0.262 e. The number of fused-ring (bicyclic) bond motifs is 3. The Morgan fingerprint density at radius 2 is 2.21 bits per heavy atom. The van der Waals surface area contributed by atoms with Crippen LogP contribution >= 0.6 is 23.1 Å². The molecular formula is C16H18N4O2S2. The standard InChI is InChI=1S/C16H18N4O2S2/c21-12(19-16-17-6-8-23-16)5-7-20-9-18-14-13(15(20)22)10-3-1-2-4-11(10)24-14/h9H,1-8H2,(H,17,19,21). The molecule has 1 aliphatic heterocycles. The van der Waals surface area contributed by atoms with Crippen LogP contribution < -0.4 is 10.9 Å². The first-order chi connectivity index (χ1) is 11.7. The van der Waals surface area contributed by atoms with Gasteiger partial charge in [0.15, 0.2) is 5.17 Å². The SMILES string of the molecule is O=C(CCn1cnc2sc3c(c2c1=O)CCCC3)NC1=NCCS1. The lowest BCUT2D eigenvalue weighted by molar-refractivity contribution is -0.119. The van der Waals surface area contributed by atoms with E-state index >= 15 is 0 Å². The van der Waals surface area contributed by atoms with Crippen molar-refractivity contribution in [3.63, 3.8) is 0 Å². The molecule has 0 aromatic carbocycles. The predicted molar refractivity (Wildman–Crippen MR) is 98.0 cm³/mol. The third kappa shape index (κ3) is 3.00. The summed E-state index contributed by atoms with van der Waals surface area (Å²) >= 11 is 3.20. The van der Waals surface area contributed by atoms with Gasteiger partial charge in [-0.15, -0.1) is 11.3 Å². The predicted octanol–water partition coefficient (Wildman–Crippen LogP) is 1.95. The molecule has 0 radical (unpaired) electrons. The van der Waals surface area contributed by atoms with E-state index in [-0.39, 0.29) is 17.9 Å². The van der Waals surface area contributed by atoms with E-state index in [1.54, 1.807) is 34.0 Å². The van der Waals surface area contributed by atoms with E-state index in [0.29, 0.717) is 11.7 Å². The van der Waals surface area contributed by atoms with Gasteiger partial charge in [0.2, 0.25) is 5.91 Å². The molecule has 0 fully saturated rings. The molecule has 2 aromatic heterocycles. The molecule has 4 rings (SSSR count). The summed E-state index contributed by atoms with van der Waals surface area (Å²) in [6, 6.07) is 0. The van der Waals surface area contributed by atoms with Crippen molar-refractivity contribution >= 4 is 44.4 Å². The lowest BCUT2D eigenvalue weighted by Gasteiger charge is -2.10. The van der Waals surface area contributed by atoms with Gasteiger partial charge in [0.05, 0.1) is 18.3 Å². The summed E-state index contributed by atoms with van der Waals surface area (Å²) in [5, 5.41) is 4.25. The summed E-state index contributed by atoms with van der Waals surface area (Å²) in [6.07, 6.45) is 6.16. The Hall–Kier alpha value is -1.67. The lowest BCUT2D eigenvalue weighted by atomic mass is 9.97. The molecule has 24 heavy (non-hydrogen) atoms. The molecule has 0 unspecified atom stereocenters. The first-order valence-corrected chi connectivity index (χ1v) is 9.99. The zero-order chi connectivity index (χ0) is 16.5. The number of nitrogens with one attached hydrogen (secondary N) is 1. The van der Waals surface area contributed by atoms with Gasteiger partial charge in [0.25, 0.3) is 5.56 Å². The second kappa shape index (κ2) is 6.68. The fourth-order valence-corrected chi connectivity index (χ4v) is 5.12. The molecule has 8 heteroatoms. The fraction of sp³-hybridized carbons (Fsp3) is 0.500. The number of thiophene rings is 1. The van der Waals surface area contributed by atoms with Crippen LogP contribution in [0.1, 0.15) is 29.7 Å². The molecule has 0 spiro atoms. The van der Waals surface area contributed by atoms with Gasteiger partial charge in [0, 0.05) is 23.6 Å². The highest BCUT2D eigenvalue weighted by Gasteiger charge is 2.20. The number of thioether (sulfide) groups is 1. The van der Waals surface area contributed by atoms with Crippen LogP contribution in [0.15, 0.2) is 16.1 Å². The Morgan fingerprint density at radius 1 is 1.33 bits per heavy atom. The molecule has 2 aliphatic rings. The number of carbonyl (C=O) groups is 1. The molecule has 1 amide bonds. The van der Waals surface area contributed by atoms with Crippen molar-refractivity contribution in [1.29, 1.82) is 0 Å². The summed E-state index contributed by atoms with van der Waals surface area (Å²) in [5.74, 6) is 0.807. The Morgan fingerprint density at radius 3 is 3.04 bits per heavy atom. The molecule has 2 aromatic rings. The van der Waals surface area contributed by atoms with E-state index in [1.807, 2.05) is 0 Å².